The van der Waals surface area contributed by atoms with E-state index in [4.69, 9.17) is 0 Å². The number of nitrogens with one attached hydrogen (secondary N) is 1. The van der Waals surface area contributed by atoms with Crippen LogP contribution in [0.1, 0.15) is 32.6 Å². The van der Waals surface area contributed by atoms with Crippen molar-refractivity contribution in [3.63, 3.8) is 0 Å². The van der Waals surface area contributed by atoms with Gasteiger partial charge in [0.1, 0.15) is 0 Å². The van der Waals surface area contributed by atoms with Crippen LogP contribution in [0, 0.1) is 5.41 Å². The summed E-state index contributed by atoms with van der Waals surface area (Å²) in [4.78, 5) is 6.95. The molecule has 1 aliphatic carbocycles. The van der Waals surface area contributed by atoms with E-state index in [0.717, 1.165) is 37.1 Å². The van der Waals surface area contributed by atoms with E-state index in [1.54, 1.807) is 4.31 Å². The van der Waals surface area contributed by atoms with Gasteiger partial charge in [0.15, 0.2) is 5.96 Å². The normalized spacial score (nSPS) is 25.0. The Labute approximate surface area is 150 Å². The molecule has 3 rings (SSSR count). The molecule has 138 valence electrons. The van der Waals surface area contributed by atoms with Crippen molar-refractivity contribution < 1.29 is 8.42 Å². The largest absolute Gasteiger partial charge is 0.357 e. The summed E-state index contributed by atoms with van der Waals surface area (Å²) in [5.41, 5.74) is 0.522. The van der Waals surface area contributed by atoms with Crippen molar-refractivity contribution in [2.75, 3.05) is 56.5 Å². The SMILES string of the molecule is CCNC(=NCCS(=O)(=O)N1CCSCC1)N1CCC2(CCC2)C1. The van der Waals surface area contributed by atoms with Crippen LogP contribution in [0.15, 0.2) is 4.99 Å². The molecule has 2 saturated heterocycles. The monoisotopic (exact) mass is 374 g/mol. The summed E-state index contributed by atoms with van der Waals surface area (Å²) in [6, 6.07) is 0. The lowest BCUT2D eigenvalue weighted by Gasteiger charge is -2.38. The number of aliphatic imine (C=N–C) groups is 1. The Morgan fingerprint density at radius 3 is 2.54 bits per heavy atom. The van der Waals surface area contributed by atoms with Gasteiger partial charge in [-0.25, -0.2) is 12.7 Å². The van der Waals surface area contributed by atoms with Crippen LogP contribution in [0.3, 0.4) is 0 Å². The van der Waals surface area contributed by atoms with Gasteiger partial charge in [0.25, 0.3) is 0 Å². The van der Waals surface area contributed by atoms with E-state index in [9.17, 15) is 8.42 Å². The smallest absolute Gasteiger partial charge is 0.215 e. The van der Waals surface area contributed by atoms with Crippen LogP contribution in [-0.4, -0.2) is 80.1 Å². The molecule has 0 aromatic rings. The van der Waals surface area contributed by atoms with Gasteiger partial charge < -0.3 is 10.2 Å². The maximum absolute atomic E-state index is 12.4. The quantitative estimate of drug-likeness (QED) is 0.579. The molecule has 0 amide bonds. The lowest BCUT2D eigenvalue weighted by Crippen LogP contribution is -2.43. The zero-order chi connectivity index (χ0) is 17.0. The Morgan fingerprint density at radius 2 is 1.96 bits per heavy atom. The van der Waals surface area contributed by atoms with Gasteiger partial charge in [-0.1, -0.05) is 6.42 Å². The van der Waals surface area contributed by atoms with Crippen LogP contribution in [-0.2, 0) is 10.0 Å². The van der Waals surface area contributed by atoms with Gasteiger partial charge in [-0.3, -0.25) is 4.99 Å². The number of likely N-dealkylation sites (tertiary alicyclic amines) is 1. The standard InChI is InChI=1S/C16H30N4O2S2/c1-2-17-15(19-8-6-16(14-19)4-3-5-16)18-7-13-24(21,22)20-9-11-23-12-10-20/h2-14H2,1H3,(H,17,18). The predicted octanol–water partition coefficient (Wildman–Crippen LogP) is 1.21. The molecule has 3 aliphatic rings. The van der Waals surface area contributed by atoms with Crippen molar-refractivity contribution in [2.24, 2.45) is 10.4 Å². The van der Waals surface area contributed by atoms with Crippen molar-refractivity contribution >= 4 is 27.7 Å². The van der Waals surface area contributed by atoms with E-state index < -0.39 is 10.0 Å². The Morgan fingerprint density at radius 1 is 1.21 bits per heavy atom. The average molecular weight is 375 g/mol. The van der Waals surface area contributed by atoms with Gasteiger partial charge in [-0.2, -0.15) is 11.8 Å². The molecule has 8 heteroatoms. The molecule has 0 bridgehead atoms. The van der Waals surface area contributed by atoms with E-state index in [-0.39, 0.29) is 5.75 Å². The Kier molecular flexibility index (Phi) is 5.98. The van der Waals surface area contributed by atoms with Crippen LogP contribution in [0.25, 0.3) is 0 Å². The Bertz CT molecular complexity index is 554. The molecular weight excluding hydrogens is 344 g/mol. The van der Waals surface area contributed by atoms with E-state index in [2.05, 4.69) is 22.1 Å². The van der Waals surface area contributed by atoms with Gasteiger partial charge in [0, 0.05) is 44.2 Å². The molecule has 2 aliphatic heterocycles. The third-order valence-electron chi connectivity index (χ3n) is 5.46. The minimum Gasteiger partial charge on any atom is -0.357 e. The molecule has 0 unspecified atom stereocenters. The van der Waals surface area contributed by atoms with Crippen molar-refractivity contribution in [3.8, 4) is 0 Å². The van der Waals surface area contributed by atoms with E-state index >= 15 is 0 Å². The molecule has 0 aromatic carbocycles. The first-order valence-electron chi connectivity index (χ1n) is 9.14. The Hall–Kier alpha value is -0.470. The highest BCUT2D eigenvalue weighted by atomic mass is 32.2. The number of rotatable bonds is 5. The highest BCUT2D eigenvalue weighted by Crippen LogP contribution is 2.47. The minimum absolute atomic E-state index is 0.117. The zero-order valence-corrected chi connectivity index (χ0v) is 16.3. The molecule has 24 heavy (non-hydrogen) atoms. The van der Waals surface area contributed by atoms with Crippen LogP contribution in [0.5, 0.6) is 0 Å². The van der Waals surface area contributed by atoms with Crippen molar-refractivity contribution in [1.82, 2.24) is 14.5 Å². The first-order valence-corrected chi connectivity index (χ1v) is 11.9. The third kappa shape index (κ3) is 4.19. The molecule has 0 radical (unpaired) electrons. The third-order valence-corrected chi connectivity index (χ3v) is 8.25. The van der Waals surface area contributed by atoms with Gasteiger partial charge in [-0.05, 0) is 31.6 Å². The van der Waals surface area contributed by atoms with Crippen LogP contribution < -0.4 is 5.32 Å². The fourth-order valence-electron chi connectivity index (χ4n) is 3.85. The lowest BCUT2D eigenvalue weighted by atomic mass is 9.68. The number of guanidine groups is 1. The summed E-state index contributed by atoms with van der Waals surface area (Å²) in [6.45, 7) is 6.64. The highest BCUT2D eigenvalue weighted by Gasteiger charge is 2.43. The van der Waals surface area contributed by atoms with Gasteiger partial charge in [0.2, 0.25) is 10.0 Å². The van der Waals surface area contributed by atoms with Gasteiger partial charge in [0.05, 0.1) is 12.3 Å². The molecule has 0 aromatic heterocycles. The maximum Gasteiger partial charge on any atom is 0.215 e. The second-order valence-corrected chi connectivity index (χ2v) is 10.4. The second-order valence-electron chi connectivity index (χ2n) is 7.09. The van der Waals surface area contributed by atoms with Gasteiger partial charge >= 0.3 is 0 Å². The number of nitrogens with zero attached hydrogens (tertiary/aromatic N) is 3. The molecule has 1 N–H and O–H groups in total. The first-order chi connectivity index (χ1) is 11.5. The molecule has 3 fully saturated rings. The second kappa shape index (κ2) is 7.83. The van der Waals surface area contributed by atoms with E-state index in [1.807, 2.05) is 11.8 Å². The number of hydrogen-bond donors (Lipinski definition) is 1. The summed E-state index contributed by atoms with van der Waals surface area (Å²) in [6.07, 6.45) is 5.28. The lowest BCUT2D eigenvalue weighted by molar-refractivity contribution is 0.151. The minimum atomic E-state index is -3.17. The Balaban J connectivity index is 1.55. The molecule has 2 heterocycles. The number of thioether (sulfide) groups is 1. The maximum atomic E-state index is 12.4. The summed E-state index contributed by atoms with van der Waals surface area (Å²) in [5.74, 6) is 2.82. The van der Waals surface area contributed by atoms with Crippen molar-refractivity contribution in [2.45, 2.75) is 32.6 Å². The fourth-order valence-corrected chi connectivity index (χ4v) is 6.30. The van der Waals surface area contributed by atoms with E-state index in [1.165, 1.54) is 25.7 Å². The molecule has 1 spiro atoms. The fraction of sp³-hybridized carbons (Fsp3) is 0.938. The van der Waals surface area contributed by atoms with Crippen LogP contribution in [0.2, 0.25) is 0 Å². The molecule has 0 atom stereocenters. The van der Waals surface area contributed by atoms with Crippen LogP contribution >= 0.6 is 11.8 Å². The summed E-state index contributed by atoms with van der Waals surface area (Å²) < 4.78 is 26.5. The summed E-state index contributed by atoms with van der Waals surface area (Å²) in [7, 11) is -3.17. The number of sulfonamides is 1. The zero-order valence-electron chi connectivity index (χ0n) is 14.7. The summed E-state index contributed by atoms with van der Waals surface area (Å²) >= 11 is 1.82. The van der Waals surface area contributed by atoms with Crippen molar-refractivity contribution in [1.29, 1.82) is 0 Å². The first kappa shape index (κ1) is 18.3. The van der Waals surface area contributed by atoms with Crippen molar-refractivity contribution in [3.05, 3.63) is 0 Å². The topological polar surface area (TPSA) is 65.0 Å². The molecular formula is C16H30N4O2S2. The predicted molar refractivity (Wildman–Crippen MR) is 101 cm³/mol. The number of hydrogen-bond acceptors (Lipinski definition) is 4. The van der Waals surface area contributed by atoms with E-state index in [0.29, 0.717) is 25.0 Å². The summed E-state index contributed by atoms with van der Waals surface area (Å²) in [5, 5.41) is 3.34. The van der Waals surface area contributed by atoms with Crippen LogP contribution in [0.4, 0.5) is 0 Å². The van der Waals surface area contributed by atoms with Gasteiger partial charge in [-0.15, -0.1) is 0 Å². The highest BCUT2D eigenvalue weighted by molar-refractivity contribution is 7.99. The molecule has 6 nitrogen and oxygen atoms in total. The average Bonchev–Trinajstić information content (AvgIpc) is 3.01. The molecule has 1 saturated carbocycles.